The van der Waals surface area contributed by atoms with Gasteiger partial charge in [0.15, 0.2) is 5.17 Å². The highest BCUT2D eigenvalue weighted by Gasteiger charge is 2.22. The summed E-state index contributed by atoms with van der Waals surface area (Å²) in [5.41, 5.74) is 0.980. The summed E-state index contributed by atoms with van der Waals surface area (Å²) in [6, 6.07) is 3.60. The molecule has 104 valence electrons. The van der Waals surface area contributed by atoms with Crippen LogP contribution in [0.15, 0.2) is 22.7 Å². The van der Waals surface area contributed by atoms with Gasteiger partial charge in [0.1, 0.15) is 5.15 Å². The average molecular weight is 320 g/mol. The van der Waals surface area contributed by atoms with Gasteiger partial charge in [0, 0.05) is 25.0 Å². The van der Waals surface area contributed by atoms with E-state index in [1.807, 2.05) is 11.0 Å². The summed E-state index contributed by atoms with van der Waals surface area (Å²) >= 11 is 7.20. The molecule has 1 aliphatic heterocycles. The second-order valence-corrected chi connectivity index (χ2v) is 7.38. The van der Waals surface area contributed by atoms with E-state index in [0.717, 1.165) is 17.9 Å². The third-order valence-electron chi connectivity index (χ3n) is 2.61. The van der Waals surface area contributed by atoms with Crippen LogP contribution in [0.2, 0.25) is 5.15 Å². The molecule has 0 N–H and O–H groups in total. The van der Waals surface area contributed by atoms with Gasteiger partial charge < -0.3 is 4.90 Å². The number of hydrogen-bond acceptors (Lipinski definition) is 4. The predicted octanol–water partition coefficient (Wildman–Crippen LogP) is 1.99. The summed E-state index contributed by atoms with van der Waals surface area (Å²) in [4.78, 5) is 5.96. The van der Waals surface area contributed by atoms with Gasteiger partial charge in [0.25, 0.3) is 10.0 Å². The van der Waals surface area contributed by atoms with Crippen LogP contribution in [-0.2, 0) is 16.6 Å². The Hall–Kier alpha value is -0.790. The molecule has 8 heteroatoms. The van der Waals surface area contributed by atoms with Crippen LogP contribution in [-0.4, -0.2) is 41.5 Å². The molecule has 1 fully saturated rings. The third-order valence-corrected chi connectivity index (χ3v) is 5.12. The number of aromatic nitrogens is 1. The van der Waals surface area contributed by atoms with Gasteiger partial charge >= 0.3 is 0 Å². The molecule has 0 atom stereocenters. The quantitative estimate of drug-likeness (QED) is 0.794. The van der Waals surface area contributed by atoms with Crippen molar-refractivity contribution in [2.24, 2.45) is 4.40 Å². The summed E-state index contributed by atoms with van der Waals surface area (Å²) in [6.45, 7) is 2.97. The van der Waals surface area contributed by atoms with Crippen LogP contribution in [0.25, 0.3) is 0 Å². The summed E-state index contributed by atoms with van der Waals surface area (Å²) in [5, 5.41) is 1.01. The van der Waals surface area contributed by atoms with E-state index < -0.39 is 10.0 Å². The van der Waals surface area contributed by atoms with E-state index in [4.69, 9.17) is 11.6 Å². The van der Waals surface area contributed by atoms with Gasteiger partial charge in [-0.1, -0.05) is 29.4 Å². The highest BCUT2D eigenvalue weighted by atomic mass is 35.5. The molecule has 5 nitrogen and oxygen atoms in total. The first-order chi connectivity index (χ1) is 9.00. The smallest absolute Gasteiger partial charge is 0.255 e. The zero-order chi connectivity index (χ0) is 13.9. The summed E-state index contributed by atoms with van der Waals surface area (Å²) in [7, 11) is -3.35. The molecule has 0 unspecified atom stereocenters. The molecule has 0 aliphatic carbocycles. The van der Waals surface area contributed by atoms with E-state index in [-0.39, 0.29) is 5.75 Å². The summed E-state index contributed by atoms with van der Waals surface area (Å²) in [5.74, 6) is 0.868. The molecule has 0 radical (unpaired) electrons. The van der Waals surface area contributed by atoms with Crippen molar-refractivity contribution in [2.75, 3.05) is 18.1 Å². The highest BCUT2D eigenvalue weighted by molar-refractivity contribution is 8.14. The van der Waals surface area contributed by atoms with Crippen LogP contribution in [0, 0.1) is 0 Å². The maximum Gasteiger partial charge on any atom is 0.255 e. The standard InChI is InChI=1S/C11H14ClN3O2S2/c1-2-19(16,17)14-11-15(5-6-18-11)8-9-3-4-10(12)13-7-9/h3-4,7H,2,5-6,8H2,1H3. The van der Waals surface area contributed by atoms with Crippen LogP contribution in [0.3, 0.4) is 0 Å². The first kappa shape index (κ1) is 14.6. The van der Waals surface area contributed by atoms with Crippen molar-refractivity contribution in [1.82, 2.24) is 9.88 Å². The maximum absolute atomic E-state index is 11.5. The largest absolute Gasteiger partial charge is 0.345 e. The van der Waals surface area contributed by atoms with Crippen LogP contribution >= 0.6 is 23.4 Å². The number of hydrogen-bond donors (Lipinski definition) is 0. The fraction of sp³-hybridized carbons (Fsp3) is 0.455. The molecule has 2 heterocycles. The summed E-state index contributed by atoms with van der Waals surface area (Å²) in [6.07, 6.45) is 1.69. The Labute approximate surface area is 122 Å². The van der Waals surface area contributed by atoms with Crippen molar-refractivity contribution in [1.29, 1.82) is 0 Å². The number of amidine groups is 1. The lowest BCUT2D eigenvalue weighted by atomic mass is 10.3. The third kappa shape index (κ3) is 4.09. The van der Waals surface area contributed by atoms with Crippen LogP contribution < -0.4 is 0 Å². The molecule has 1 aromatic rings. The normalized spacial score (nSPS) is 18.2. The Morgan fingerprint density at radius 3 is 2.95 bits per heavy atom. The molecule has 1 aliphatic rings. The number of halogens is 1. The van der Waals surface area contributed by atoms with E-state index in [9.17, 15) is 8.42 Å². The topological polar surface area (TPSA) is 62.6 Å². The van der Waals surface area contributed by atoms with Crippen molar-refractivity contribution in [2.45, 2.75) is 13.5 Å². The second kappa shape index (κ2) is 6.11. The van der Waals surface area contributed by atoms with Gasteiger partial charge in [-0.15, -0.1) is 4.40 Å². The number of sulfonamides is 1. The Morgan fingerprint density at radius 2 is 2.32 bits per heavy atom. The minimum atomic E-state index is -3.35. The monoisotopic (exact) mass is 319 g/mol. The van der Waals surface area contributed by atoms with E-state index in [2.05, 4.69) is 9.38 Å². The Morgan fingerprint density at radius 1 is 1.53 bits per heavy atom. The Balaban J connectivity index is 2.13. The fourth-order valence-electron chi connectivity index (χ4n) is 1.57. The average Bonchev–Trinajstić information content (AvgIpc) is 2.79. The molecule has 1 saturated heterocycles. The van der Waals surface area contributed by atoms with Gasteiger partial charge in [-0.3, -0.25) is 0 Å². The van der Waals surface area contributed by atoms with Crippen LogP contribution in [0.4, 0.5) is 0 Å². The minimum Gasteiger partial charge on any atom is -0.345 e. The van der Waals surface area contributed by atoms with Crippen molar-refractivity contribution in [3.8, 4) is 0 Å². The lowest BCUT2D eigenvalue weighted by molar-refractivity contribution is 0.456. The first-order valence-corrected chi connectivity index (χ1v) is 8.78. The van der Waals surface area contributed by atoms with Crippen LogP contribution in [0.1, 0.15) is 12.5 Å². The Kier molecular flexibility index (Phi) is 4.70. The van der Waals surface area contributed by atoms with Gasteiger partial charge in [-0.25, -0.2) is 13.4 Å². The van der Waals surface area contributed by atoms with Crippen molar-refractivity contribution in [3.63, 3.8) is 0 Å². The van der Waals surface area contributed by atoms with Crippen LogP contribution in [0.5, 0.6) is 0 Å². The van der Waals surface area contributed by atoms with Crippen molar-refractivity contribution >= 4 is 38.6 Å². The van der Waals surface area contributed by atoms with E-state index >= 15 is 0 Å². The molecule has 0 spiro atoms. The molecule has 1 aromatic heterocycles. The van der Waals surface area contributed by atoms with Crippen molar-refractivity contribution in [3.05, 3.63) is 29.0 Å². The molecular formula is C11H14ClN3O2S2. The lowest BCUT2D eigenvalue weighted by Crippen LogP contribution is -2.25. The lowest BCUT2D eigenvalue weighted by Gasteiger charge is -2.17. The van der Waals surface area contributed by atoms with Gasteiger partial charge in [-0.2, -0.15) is 0 Å². The van der Waals surface area contributed by atoms with Gasteiger partial charge in [0.05, 0.1) is 5.75 Å². The van der Waals surface area contributed by atoms with E-state index in [1.165, 1.54) is 11.8 Å². The molecule has 0 aromatic carbocycles. The molecule has 2 rings (SSSR count). The number of nitrogens with zero attached hydrogens (tertiary/aromatic N) is 3. The van der Waals surface area contributed by atoms with Crippen molar-refractivity contribution < 1.29 is 8.42 Å². The number of pyridine rings is 1. The summed E-state index contributed by atoms with van der Waals surface area (Å²) < 4.78 is 26.9. The van der Waals surface area contributed by atoms with Gasteiger partial charge in [-0.05, 0) is 18.6 Å². The SMILES string of the molecule is CCS(=O)(=O)N=C1SCCN1Cc1ccc(Cl)nc1. The predicted molar refractivity (Wildman–Crippen MR) is 79.0 cm³/mol. The fourth-order valence-corrected chi connectivity index (χ4v) is 3.55. The molecular weight excluding hydrogens is 306 g/mol. The molecule has 19 heavy (non-hydrogen) atoms. The van der Waals surface area contributed by atoms with E-state index in [1.54, 1.807) is 19.2 Å². The molecule has 0 amide bonds. The first-order valence-electron chi connectivity index (χ1n) is 5.81. The molecule has 0 bridgehead atoms. The molecule has 0 saturated carbocycles. The maximum atomic E-state index is 11.5. The van der Waals surface area contributed by atoms with E-state index in [0.29, 0.717) is 16.9 Å². The van der Waals surface area contributed by atoms with Gasteiger partial charge in [0.2, 0.25) is 0 Å². The zero-order valence-electron chi connectivity index (χ0n) is 10.4. The zero-order valence-corrected chi connectivity index (χ0v) is 12.8. The number of rotatable bonds is 4. The second-order valence-electron chi connectivity index (χ2n) is 4.00. The number of thioether (sulfide) groups is 1. The highest BCUT2D eigenvalue weighted by Crippen LogP contribution is 2.21. The Bertz CT molecular complexity index is 572. The minimum absolute atomic E-state index is 0.0212.